The van der Waals surface area contributed by atoms with Crippen molar-refractivity contribution in [3.8, 4) is 0 Å². The Morgan fingerprint density at radius 2 is 2.23 bits per heavy atom. The van der Waals surface area contributed by atoms with E-state index in [2.05, 4.69) is 0 Å². The number of ether oxygens (including phenoxy) is 1. The van der Waals surface area contributed by atoms with Crippen LogP contribution in [0.4, 0.5) is 0 Å². The maximum Gasteiger partial charge on any atom is 0.335 e. The third kappa shape index (κ3) is 4.82. The molecule has 0 spiro atoms. The highest BCUT2D eigenvalue weighted by Crippen LogP contribution is 2.16. The Morgan fingerprint density at radius 3 is 2.91 bits per heavy atom. The minimum Gasteiger partial charge on any atom is -0.461 e. The number of esters is 1. The van der Waals surface area contributed by atoms with Gasteiger partial charge in [-0.15, -0.1) is 11.3 Å². The summed E-state index contributed by atoms with van der Waals surface area (Å²) in [4.78, 5) is 28.5. The molecule has 0 unspecified atom stereocenters. The molecule has 2 rings (SSSR count). The van der Waals surface area contributed by atoms with E-state index in [0.29, 0.717) is 25.1 Å². The summed E-state index contributed by atoms with van der Waals surface area (Å²) in [6, 6.07) is 3.66. The molecule has 5 nitrogen and oxygen atoms in total. The zero-order chi connectivity index (χ0) is 15.9. The number of allylic oxidation sites excluding steroid dienone is 1. The molecule has 0 saturated carbocycles. The number of carbonyl (C=O) groups excluding carboxylic acids is 2. The summed E-state index contributed by atoms with van der Waals surface area (Å²) in [5, 5.41) is 1.88. The van der Waals surface area contributed by atoms with Crippen molar-refractivity contribution in [1.29, 1.82) is 0 Å². The van der Waals surface area contributed by atoms with E-state index < -0.39 is 0 Å². The lowest BCUT2D eigenvalue weighted by Gasteiger charge is -2.20. The molecule has 0 bridgehead atoms. The van der Waals surface area contributed by atoms with Crippen LogP contribution in [0.2, 0.25) is 0 Å². The van der Waals surface area contributed by atoms with Gasteiger partial charge in [-0.2, -0.15) is 0 Å². The van der Waals surface area contributed by atoms with E-state index in [1.807, 2.05) is 42.7 Å². The van der Waals surface area contributed by atoms with Gasteiger partial charge in [0.2, 0.25) is 0 Å². The van der Waals surface area contributed by atoms with E-state index in [0.717, 1.165) is 4.88 Å². The van der Waals surface area contributed by atoms with E-state index in [4.69, 9.17) is 4.74 Å². The van der Waals surface area contributed by atoms with E-state index in [1.54, 1.807) is 17.2 Å². The minimum atomic E-state index is -0.320. The van der Waals surface area contributed by atoms with Crippen molar-refractivity contribution in [1.82, 2.24) is 9.80 Å². The van der Waals surface area contributed by atoms with Gasteiger partial charge in [0, 0.05) is 25.4 Å². The molecule has 1 aromatic rings. The van der Waals surface area contributed by atoms with Crippen LogP contribution in [-0.4, -0.2) is 55.3 Å². The molecule has 1 aromatic heterocycles. The van der Waals surface area contributed by atoms with Crippen LogP contribution in [0, 0.1) is 0 Å². The molecule has 0 radical (unpaired) electrons. The average molecular weight is 320 g/mol. The van der Waals surface area contributed by atoms with Crippen LogP contribution < -0.4 is 0 Å². The van der Waals surface area contributed by atoms with Gasteiger partial charge in [0.25, 0.3) is 0 Å². The fourth-order valence-corrected chi connectivity index (χ4v) is 2.60. The lowest BCUT2D eigenvalue weighted by molar-refractivity contribution is -0.139. The van der Waals surface area contributed by atoms with Crippen LogP contribution >= 0.6 is 11.3 Å². The molecule has 1 aliphatic heterocycles. The zero-order valence-electron chi connectivity index (χ0n) is 12.8. The van der Waals surface area contributed by atoms with Gasteiger partial charge >= 0.3 is 5.97 Å². The summed E-state index contributed by atoms with van der Waals surface area (Å²) < 4.78 is 5.23. The lowest BCUT2D eigenvalue weighted by Crippen LogP contribution is -2.25. The summed E-state index contributed by atoms with van der Waals surface area (Å²) in [6.07, 6.45) is 5.92. The van der Waals surface area contributed by atoms with Gasteiger partial charge in [-0.3, -0.25) is 4.79 Å². The summed E-state index contributed by atoms with van der Waals surface area (Å²) >= 11 is 1.42. The number of hydrogen-bond acceptors (Lipinski definition) is 6. The molecule has 2 heterocycles. The number of ketones is 1. The smallest absolute Gasteiger partial charge is 0.335 e. The second-order valence-electron chi connectivity index (χ2n) is 5.26. The van der Waals surface area contributed by atoms with Crippen molar-refractivity contribution < 1.29 is 14.3 Å². The maximum absolute atomic E-state index is 12.1. The molecule has 0 N–H and O–H groups in total. The van der Waals surface area contributed by atoms with E-state index in [-0.39, 0.29) is 18.3 Å². The minimum absolute atomic E-state index is 0.0399. The third-order valence-electron chi connectivity index (χ3n) is 3.11. The van der Waals surface area contributed by atoms with Gasteiger partial charge in [0.05, 0.1) is 17.0 Å². The fraction of sp³-hybridized carbons (Fsp3) is 0.375. The van der Waals surface area contributed by atoms with Crippen LogP contribution in [-0.2, 0) is 9.53 Å². The largest absolute Gasteiger partial charge is 0.461 e. The van der Waals surface area contributed by atoms with Crippen molar-refractivity contribution in [3.05, 3.63) is 46.4 Å². The SMILES string of the molecule is CN(C)CCOC(=O)C1=CN(CC(=O)c2cccs2)C=CC1. The highest BCUT2D eigenvalue weighted by atomic mass is 32.1. The highest BCUT2D eigenvalue weighted by molar-refractivity contribution is 7.12. The average Bonchev–Trinajstić information content (AvgIpc) is 3.01. The highest BCUT2D eigenvalue weighted by Gasteiger charge is 2.17. The number of likely N-dealkylation sites (N-methyl/N-ethyl adjacent to an activating group) is 1. The van der Waals surface area contributed by atoms with Crippen LogP contribution in [0.3, 0.4) is 0 Å². The second-order valence-corrected chi connectivity index (χ2v) is 6.20. The third-order valence-corrected chi connectivity index (χ3v) is 4.02. The Labute approximate surface area is 134 Å². The number of rotatable bonds is 7. The first kappa shape index (κ1) is 16.5. The number of Topliss-reactive ketones (excluding diaryl/α,β-unsaturated/α-hetero) is 1. The number of hydrogen-bond donors (Lipinski definition) is 0. The van der Waals surface area contributed by atoms with Crippen LogP contribution in [0.25, 0.3) is 0 Å². The monoisotopic (exact) mass is 320 g/mol. The lowest BCUT2D eigenvalue weighted by atomic mass is 10.1. The Bertz CT molecular complexity index is 576. The van der Waals surface area contributed by atoms with Crippen molar-refractivity contribution in [3.63, 3.8) is 0 Å². The van der Waals surface area contributed by atoms with Gasteiger partial charge in [0.1, 0.15) is 6.61 Å². The van der Waals surface area contributed by atoms with E-state index in [1.165, 1.54) is 11.3 Å². The molecule has 0 fully saturated rings. The molecule has 6 heteroatoms. The Hall–Kier alpha value is -1.92. The molecule has 22 heavy (non-hydrogen) atoms. The van der Waals surface area contributed by atoms with Gasteiger partial charge in [-0.1, -0.05) is 12.1 Å². The molecular formula is C16H20N2O3S. The molecule has 1 aliphatic rings. The Balaban J connectivity index is 1.89. The fourth-order valence-electron chi connectivity index (χ4n) is 1.94. The quantitative estimate of drug-likeness (QED) is 0.569. The summed E-state index contributed by atoms with van der Waals surface area (Å²) in [5.74, 6) is -0.280. The summed E-state index contributed by atoms with van der Waals surface area (Å²) in [5.41, 5.74) is 0.570. The van der Waals surface area contributed by atoms with Crippen LogP contribution in [0.15, 0.2) is 41.6 Å². The van der Waals surface area contributed by atoms with Crippen molar-refractivity contribution in [2.75, 3.05) is 33.8 Å². The van der Waals surface area contributed by atoms with E-state index in [9.17, 15) is 9.59 Å². The molecule has 118 valence electrons. The first-order valence-corrected chi connectivity index (χ1v) is 7.96. The molecule has 0 saturated heterocycles. The standard InChI is InChI=1S/C16H20N2O3S/c1-17(2)8-9-21-16(20)13-5-3-7-18(11-13)12-14(19)15-6-4-10-22-15/h3-4,6-7,10-11H,5,8-9,12H2,1-2H3. The number of carbonyl (C=O) groups is 2. The molecule has 0 aliphatic carbocycles. The van der Waals surface area contributed by atoms with Crippen LogP contribution in [0.5, 0.6) is 0 Å². The maximum atomic E-state index is 12.1. The molecular weight excluding hydrogens is 300 g/mol. The van der Waals surface area contributed by atoms with Gasteiger partial charge in [-0.25, -0.2) is 4.79 Å². The van der Waals surface area contributed by atoms with Crippen molar-refractivity contribution >= 4 is 23.1 Å². The number of thiophene rings is 1. The first-order chi connectivity index (χ1) is 10.6. The van der Waals surface area contributed by atoms with Crippen LogP contribution in [0.1, 0.15) is 16.1 Å². The van der Waals surface area contributed by atoms with Crippen molar-refractivity contribution in [2.45, 2.75) is 6.42 Å². The van der Waals surface area contributed by atoms with Crippen molar-refractivity contribution in [2.24, 2.45) is 0 Å². The first-order valence-electron chi connectivity index (χ1n) is 7.08. The topological polar surface area (TPSA) is 49.9 Å². The molecule has 0 aromatic carbocycles. The normalized spacial score (nSPS) is 14.1. The Morgan fingerprint density at radius 1 is 1.41 bits per heavy atom. The van der Waals surface area contributed by atoms with Gasteiger partial charge in [0.15, 0.2) is 5.78 Å². The summed E-state index contributed by atoms with van der Waals surface area (Å²) in [7, 11) is 3.85. The predicted molar refractivity (Wildman–Crippen MR) is 86.7 cm³/mol. The second kappa shape index (κ2) is 7.91. The van der Waals surface area contributed by atoms with Gasteiger partial charge in [-0.05, 0) is 25.5 Å². The molecule has 0 atom stereocenters. The van der Waals surface area contributed by atoms with Gasteiger partial charge < -0.3 is 14.5 Å². The van der Waals surface area contributed by atoms with E-state index >= 15 is 0 Å². The number of nitrogens with zero attached hydrogens (tertiary/aromatic N) is 2. The summed E-state index contributed by atoms with van der Waals surface area (Å²) in [6.45, 7) is 1.28. The molecule has 0 amide bonds. The predicted octanol–water partition coefficient (Wildman–Crippen LogP) is 2.14. The zero-order valence-corrected chi connectivity index (χ0v) is 13.6. The Kier molecular flexibility index (Phi) is 5.91.